The van der Waals surface area contributed by atoms with Gasteiger partial charge in [0.15, 0.2) is 10.3 Å². The van der Waals surface area contributed by atoms with Gasteiger partial charge in [-0.15, -0.1) is 11.3 Å². The first kappa shape index (κ1) is 20.8. The van der Waals surface area contributed by atoms with E-state index in [0.717, 1.165) is 62.5 Å². The molecule has 162 valence electrons. The van der Waals surface area contributed by atoms with E-state index in [1.165, 1.54) is 11.3 Å². The zero-order valence-electron chi connectivity index (χ0n) is 17.5. The lowest BCUT2D eigenvalue weighted by Crippen LogP contribution is -2.37. The molecule has 1 atom stereocenters. The number of thiazole rings is 2. The Morgan fingerprint density at radius 3 is 2.61 bits per heavy atom. The molecule has 1 amide bonds. The van der Waals surface area contributed by atoms with E-state index in [1.807, 2.05) is 30.3 Å². The van der Waals surface area contributed by atoms with Crippen molar-refractivity contribution in [2.75, 3.05) is 36.0 Å². The van der Waals surface area contributed by atoms with Crippen LogP contribution >= 0.6 is 34.0 Å². The second-order valence-electron chi connectivity index (χ2n) is 7.46. The molecule has 1 aliphatic heterocycles. The average molecular weight is 473 g/mol. The molecule has 0 saturated carbocycles. The van der Waals surface area contributed by atoms with Gasteiger partial charge in [-0.1, -0.05) is 34.8 Å². The predicted molar refractivity (Wildman–Crippen MR) is 131 cm³/mol. The number of para-hydroxylation sites is 1. The van der Waals surface area contributed by atoms with Gasteiger partial charge in [0.05, 0.1) is 32.4 Å². The van der Waals surface area contributed by atoms with Crippen LogP contribution in [0.3, 0.4) is 0 Å². The molecule has 1 aliphatic rings. The lowest BCUT2D eigenvalue weighted by atomic mass is 10.2. The van der Waals surface area contributed by atoms with Crippen LogP contribution in [0.25, 0.3) is 19.7 Å². The summed E-state index contributed by atoms with van der Waals surface area (Å²) >= 11 is 4.68. The summed E-state index contributed by atoms with van der Waals surface area (Å²) in [5, 5.41) is 1.75. The van der Waals surface area contributed by atoms with Gasteiger partial charge in [0.25, 0.3) is 5.91 Å². The minimum absolute atomic E-state index is 0.0193. The van der Waals surface area contributed by atoms with Crippen LogP contribution in [0.4, 0.5) is 10.3 Å². The van der Waals surface area contributed by atoms with Gasteiger partial charge in [-0.3, -0.25) is 9.69 Å². The molecule has 6 nitrogen and oxygen atoms in total. The van der Waals surface area contributed by atoms with Crippen LogP contribution in [-0.2, 0) is 4.74 Å². The van der Waals surface area contributed by atoms with E-state index in [0.29, 0.717) is 11.4 Å². The molecule has 0 bridgehead atoms. The van der Waals surface area contributed by atoms with E-state index in [2.05, 4.69) is 18.7 Å². The molecular formula is C22H24N4O2S3. The maximum absolute atomic E-state index is 13.6. The van der Waals surface area contributed by atoms with Gasteiger partial charge in [0.2, 0.25) is 0 Å². The Labute approximate surface area is 193 Å². The summed E-state index contributed by atoms with van der Waals surface area (Å²) in [6.07, 6.45) is 2.08. The largest absolute Gasteiger partial charge is 0.376 e. The van der Waals surface area contributed by atoms with Gasteiger partial charge >= 0.3 is 0 Å². The number of anilines is 2. The number of carbonyl (C=O) groups excluding carboxylic acids is 1. The smallest absolute Gasteiger partial charge is 0.270 e. The van der Waals surface area contributed by atoms with Crippen molar-refractivity contribution in [1.29, 1.82) is 0 Å². The lowest BCUT2D eigenvalue weighted by Gasteiger charge is -2.22. The topological polar surface area (TPSA) is 58.6 Å². The zero-order valence-corrected chi connectivity index (χ0v) is 20.0. The first-order chi connectivity index (χ1) is 15.2. The number of carbonyl (C=O) groups is 1. The Bertz CT molecular complexity index is 1140. The number of ether oxygens (including phenoxy) is 1. The molecule has 4 heterocycles. The third kappa shape index (κ3) is 4.07. The van der Waals surface area contributed by atoms with Crippen LogP contribution in [-0.4, -0.2) is 48.2 Å². The normalized spacial score (nSPS) is 16.4. The van der Waals surface area contributed by atoms with Crippen LogP contribution in [0.1, 0.15) is 36.4 Å². The van der Waals surface area contributed by atoms with Crippen molar-refractivity contribution in [2.24, 2.45) is 0 Å². The monoisotopic (exact) mass is 472 g/mol. The van der Waals surface area contributed by atoms with Crippen LogP contribution in [0.2, 0.25) is 0 Å². The third-order valence-corrected chi connectivity index (χ3v) is 8.76. The molecule has 0 N–H and O–H groups in total. The number of amides is 1. The molecule has 1 saturated heterocycles. The maximum Gasteiger partial charge on any atom is 0.270 e. The van der Waals surface area contributed by atoms with Gasteiger partial charge in [0, 0.05) is 19.7 Å². The van der Waals surface area contributed by atoms with Gasteiger partial charge in [-0.25, -0.2) is 9.97 Å². The summed E-state index contributed by atoms with van der Waals surface area (Å²) in [7, 11) is 0. The maximum atomic E-state index is 13.6. The summed E-state index contributed by atoms with van der Waals surface area (Å²) in [4.78, 5) is 28.8. The number of benzene rings is 1. The predicted octanol–water partition coefficient (Wildman–Crippen LogP) is 5.64. The summed E-state index contributed by atoms with van der Waals surface area (Å²) < 4.78 is 8.00. The third-order valence-electron chi connectivity index (χ3n) is 5.49. The van der Waals surface area contributed by atoms with E-state index < -0.39 is 0 Å². The molecular weight excluding hydrogens is 448 g/mol. The van der Waals surface area contributed by atoms with E-state index in [1.54, 1.807) is 27.6 Å². The number of hydrogen-bond donors (Lipinski definition) is 0. The Morgan fingerprint density at radius 2 is 1.90 bits per heavy atom. The summed E-state index contributed by atoms with van der Waals surface area (Å²) in [6, 6.07) is 10.0. The van der Waals surface area contributed by atoms with E-state index >= 15 is 0 Å². The van der Waals surface area contributed by atoms with E-state index in [-0.39, 0.29) is 12.0 Å². The first-order valence-corrected chi connectivity index (χ1v) is 13.1. The number of hydrogen-bond acceptors (Lipinski definition) is 8. The summed E-state index contributed by atoms with van der Waals surface area (Å²) in [5.74, 6) is -0.0193. The molecule has 1 fully saturated rings. The Balaban J connectivity index is 1.47. The van der Waals surface area contributed by atoms with Crippen molar-refractivity contribution in [3.8, 4) is 0 Å². The van der Waals surface area contributed by atoms with E-state index in [9.17, 15) is 4.79 Å². The van der Waals surface area contributed by atoms with Crippen molar-refractivity contribution in [3.63, 3.8) is 0 Å². The standard InChI is InChI=1S/C22H24N4O2S3/c1-3-25(4-2)21-24-19-17(31-21)12-18(29-19)20(27)26(13-14-8-7-11-28-14)22-23-15-9-5-6-10-16(15)30-22/h5-6,9-10,12,14H,3-4,7-8,11,13H2,1-2H3. The highest BCUT2D eigenvalue weighted by molar-refractivity contribution is 7.30. The van der Waals surface area contributed by atoms with Crippen LogP contribution in [0, 0.1) is 0 Å². The lowest BCUT2D eigenvalue weighted by molar-refractivity contribution is 0.0921. The number of aromatic nitrogens is 2. The zero-order chi connectivity index (χ0) is 21.4. The molecule has 1 aromatic carbocycles. The van der Waals surface area contributed by atoms with Crippen LogP contribution in [0.5, 0.6) is 0 Å². The number of thiophene rings is 1. The van der Waals surface area contributed by atoms with Crippen LogP contribution in [0.15, 0.2) is 30.3 Å². The SMILES string of the molecule is CCN(CC)c1nc2sc(C(=O)N(CC3CCCO3)c3nc4ccccc4s3)cc2s1. The Kier molecular flexibility index (Phi) is 5.92. The number of nitrogens with zero attached hydrogens (tertiary/aromatic N) is 4. The molecule has 0 radical (unpaired) electrons. The Morgan fingerprint density at radius 1 is 1.10 bits per heavy atom. The second kappa shape index (κ2) is 8.82. The minimum Gasteiger partial charge on any atom is -0.376 e. The van der Waals surface area contributed by atoms with Gasteiger partial charge in [0.1, 0.15) is 4.83 Å². The fourth-order valence-corrected chi connectivity index (χ4v) is 7.07. The summed E-state index contributed by atoms with van der Waals surface area (Å²) in [6.45, 7) is 7.41. The highest BCUT2D eigenvalue weighted by Crippen LogP contribution is 2.37. The van der Waals surface area contributed by atoms with Gasteiger partial charge in [-0.05, 0) is 44.9 Å². The van der Waals surface area contributed by atoms with Gasteiger partial charge < -0.3 is 9.64 Å². The molecule has 1 unspecified atom stereocenters. The molecule has 31 heavy (non-hydrogen) atoms. The molecule has 0 aliphatic carbocycles. The van der Waals surface area contributed by atoms with E-state index in [4.69, 9.17) is 14.7 Å². The Hall–Kier alpha value is -2.07. The van der Waals surface area contributed by atoms with Gasteiger partial charge in [-0.2, -0.15) is 0 Å². The average Bonchev–Trinajstić information content (AvgIpc) is 3.55. The molecule has 0 spiro atoms. The van der Waals surface area contributed by atoms with Crippen molar-refractivity contribution in [1.82, 2.24) is 9.97 Å². The fraction of sp³-hybridized carbons (Fsp3) is 0.409. The van der Waals surface area contributed by atoms with Crippen molar-refractivity contribution < 1.29 is 9.53 Å². The molecule has 4 aromatic rings. The van der Waals surface area contributed by atoms with Crippen molar-refractivity contribution >= 4 is 69.9 Å². The number of rotatable bonds is 7. The second-order valence-corrected chi connectivity index (χ2v) is 10.5. The molecule has 5 rings (SSSR count). The highest BCUT2D eigenvalue weighted by Gasteiger charge is 2.28. The highest BCUT2D eigenvalue weighted by atomic mass is 32.1. The number of fused-ring (bicyclic) bond motifs is 2. The quantitative estimate of drug-likeness (QED) is 0.348. The van der Waals surface area contributed by atoms with Crippen molar-refractivity contribution in [3.05, 3.63) is 35.2 Å². The summed E-state index contributed by atoms with van der Waals surface area (Å²) in [5.41, 5.74) is 0.922. The molecule has 9 heteroatoms. The molecule has 3 aromatic heterocycles. The van der Waals surface area contributed by atoms with Crippen LogP contribution < -0.4 is 9.80 Å². The van der Waals surface area contributed by atoms with Crippen molar-refractivity contribution in [2.45, 2.75) is 32.8 Å². The fourth-order valence-electron chi connectivity index (χ4n) is 3.81. The minimum atomic E-state index is -0.0193. The first-order valence-electron chi connectivity index (χ1n) is 10.6.